The number of nitrogens with zero attached hydrogens (tertiary/aromatic N) is 1. The summed E-state index contributed by atoms with van der Waals surface area (Å²) >= 11 is 0. The van der Waals surface area contributed by atoms with E-state index in [1.54, 1.807) is 0 Å². The fraction of sp³-hybridized carbons (Fsp3) is 0.462. The molecule has 3 heteroatoms. The van der Waals surface area contributed by atoms with E-state index in [1.807, 2.05) is 30.3 Å². The van der Waals surface area contributed by atoms with Crippen LogP contribution in [0.1, 0.15) is 24.8 Å². The van der Waals surface area contributed by atoms with Crippen LogP contribution in [0.15, 0.2) is 30.3 Å². The highest BCUT2D eigenvalue weighted by Gasteiger charge is 2.26. The van der Waals surface area contributed by atoms with Crippen LogP contribution in [0.4, 0.5) is 0 Å². The van der Waals surface area contributed by atoms with Crippen LogP contribution in [0.25, 0.3) is 0 Å². The summed E-state index contributed by atoms with van der Waals surface area (Å²) in [7, 11) is 0. The lowest BCUT2D eigenvalue weighted by molar-refractivity contribution is -0.139. The average molecular weight is 219 g/mol. The van der Waals surface area contributed by atoms with Gasteiger partial charge in [0.25, 0.3) is 0 Å². The molecule has 0 radical (unpaired) electrons. The molecule has 0 heterocycles. The van der Waals surface area contributed by atoms with Gasteiger partial charge in [0.05, 0.1) is 6.54 Å². The molecule has 1 aromatic carbocycles. The molecule has 3 nitrogen and oxygen atoms in total. The number of hydrogen-bond acceptors (Lipinski definition) is 2. The molecule has 0 unspecified atom stereocenters. The van der Waals surface area contributed by atoms with Crippen molar-refractivity contribution < 1.29 is 9.90 Å². The Morgan fingerprint density at radius 2 is 2.00 bits per heavy atom. The van der Waals surface area contributed by atoms with Gasteiger partial charge in [-0.05, 0) is 18.4 Å². The first-order valence-electron chi connectivity index (χ1n) is 5.75. The van der Waals surface area contributed by atoms with Crippen molar-refractivity contribution in [3.63, 3.8) is 0 Å². The van der Waals surface area contributed by atoms with E-state index in [2.05, 4.69) is 4.90 Å². The molecular formula is C13H17NO2. The summed E-state index contributed by atoms with van der Waals surface area (Å²) < 4.78 is 0. The largest absolute Gasteiger partial charge is 0.480 e. The van der Waals surface area contributed by atoms with Gasteiger partial charge < -0.3 is 5.11 Å². The van der Waals surface area contributed by atoms with Gasteiger partial charge in [-0.25, -0.2) is 0 Å². The van der Waals surface area contributed by atoms with Crippen LogP contribution in [0, 0.1) is 0 Å². The molecule has 0 spiro atoms. The first-order chi connectivity index (χ1) is 7.75. The Morgan fingerprint density at radius 1 is 1.31 bits per heavy atom. The fourth-order valence-electron chi connectivity index (χ4n) is 2.06. The first kappa shape index (κ1) is 11.1. The molecule has 2 rings (SSSR count). The maximum Gasteiger partial charge on any atom is 0.317 e. The van der Waals surface area contributed by atoms with Gasteiger partial charge in [-0.15, -0.1) is 0 Å². The van der Waals surface area contributed by atoms with Gasteiger partial charge in [0.15, 0.2) is 0 Å². The monoisotopic (exact) mass is 219 g/mol. The van der Waals surface area contributed by atoms with Crippen LogP contribution in [0.5, 0.6) is 0 Å². The van der Waals surface area contributed by atoms with Crippen molar-refractivity contribution in [1.82, 2.24) is 4.90 Å². The second-order valence-electron chi connectivity index (χ2n) is 4.37. The number of carboxylic acid groups (broad SMARTS) is 1. The number of aliphatic carboxylic acids is 1. The molecule has 0 saturated heterocycles. The summed E-state index contributed by atoms with van der Waals surface area (Å²) in [6.07, 6.45) is 3.51. The summed E-state index contributed by atoms with van der Waals surface area (Å²) in [5.74, 6) is -0.733. The summed E-state index contributed by atoms with van der Waals surface area (Å²) in [6, 6.07) is 10.5. The summed E-state index contributed by atoms with van der Waals surface area (Å²) in [4.78, 5) is 12.9. The first-order valence-corrected chi connectivity index (χ1v) is 5.75. The van der Waals surface area contributed by atoms with Crippen molar-refractivity contribution in [1.29, 1.82) is 0 Å². The third-order valence-electron chi connectivity index (χ3n) is 3.16. The van der Waals surface area contributed by atoms with E-state index >= 15 is 0 Å². The molecule has 0 aromatic heterocycles. The number of carbonyl (C=O) groups is 1. The third kappa shape index (κ3) is 2.83. The van der Waals surface area contributed by atoms with Gasteiger partial charge in [0.1, 0.15) is 0 Å². The normalized spacial score (nSPS) is 16.1. The molecule has 86 valence electrons. The molecular weight excluding hydrogens is 202 g/mol. The number of benzene rings is 1. The van der Waals surface area contributed by atoms with Crippen LogP contribution < -0.4 is 0 Å². The van der Waals surface area contributed by atoms with Crippen LogP contribution in [-0.2, 0) is 11.3 Å². The van der Waals surface area contributed by atoms with Gasteiger partial charge in [-0.3, -0.25) is 9.69 Å². The second-order valence-corrected chi connectivity index (χ2v) is 4.37. The smallest absolute Gasteiger partial charge is 0.317 e. The van der Waals surface area contributed by atoms with E-state index in [0.717, 1.165) is 19.4 Å². The molecule has 1 aliphatic carbocycles. The lowest BCUT2D eigenvalue weighted by Gasteiger charge is -2.36. The van der Waals surface area contributed by atoms with Crippen molar-refractivity contribution in [2.75, 3.05) is 6.54 Å². The van der Waals surface area contributed by atoms with Gasteiger partial charge in [0.2, 0.25) is 0 Å². The van der Waals surface area contributed by atoms with E-state index in [0.29, 0.717) is 6.04 Å². The van der Waals surface area contributed by atoms with E-state index in [4.69, 9.17) is 5.11 Å². The van der Waals surface area contributed by atoms with E-state index in [1.165, 1.54) is 12.0 Å². The summed E-state index contributed by atoms with van der Waals surface area (Å²) in [6.45, 7) is 0.900. The lowest BCUT2D eigenvalue weighted by Crippen LogP contribution is -2.42. The molecule has 0 amide bonds. The van der Waals surface area contributed by atoms with Crippen LogP contribution in [-0.4, -0.2) is 28.6 Å². The predicted octanol–water partition coefficient (Wildman–Crippen LogP) is 2.13. The van der Waals surface area contributed by atoms with Gasteiger partial charge >= 0.3 is 5.97 Å². The van der Waals surface area contributed by atoms with Gasteiger partial charge in [0, 0.05) is 12.6 Å². The molecule has 0 atom stereocenters. The SMILES string of the molecule is O=C(O)CN(Cc1ccccc1)C1CCC1. The minimum Gasteiger partial charge on any atom is -0.480 e. The average Bonchev–Trinajstić information content (AvgIpc) is 2.15. The fourth-order valence-corrected chi connectivity index (χ4v) is 2.06. The predicted molar refractivity (Wildman–Crippen MR) is 62.1 cm³/mol. The minimum absolute atomic E-state index is 0.152. The topological polar surface area (TPSA) is 40.5 Å². The molecule has 1 N–H and O–H groups in total. The Bertz CT molecular complexity index is 346. The van der Waals surface area contributed by atoms with Crippen molar-refractivity contribution in [2.45, 2.75) is 31.8 Å². The number of carboxylic acids is 1. The molecule has 1 aliphatic rings. The Balaban J connectivity index is 1.98. The molecule has 0 bridgehead atoms. The molecule has 0 aliphatic heterocycles. The zero-order valence-electron chi connectivity index (χ0n) is 9.30. The van der Waals surface area contributed by atoms with Crippen molar-refractivity contribution >= 4 is 5.97 Å². The molecule has 1 fully saturated rings. The molecule has 16 heavy (non-hydrogen) atoms. The third-order valence-corrected chi connectivity index (χ3v) is 3.16. The number of hydrogen-bond donors (Lipinski definition) is 1. The lowest BCUT2D eigenvalue weighted by atomic mass is 9.91. The van der Waals surface area contributed by atoms with E-state index < -0.39 is 5.97 Å². The summed E-state index contributed by atoms with van der Waals surface area (Å²) in [5, 5.41) is 8.89. The maximum absolute atomic E-state index is 10.8. The Morgan fingerprint density at radius 3 is 2.50 bits per heavy atom. The van der Waals surface area contributed by atoms with Gasteiger partial charge in [-0.1, -0.05) is 36.8 Å². The van der Waals surface area contributed by atoms with E-state index in [-0.39, 0.29) is 6.54 Å². The highest BCUT2D eigenvalue weighted by atomic mass is 16.4. The van der Waals surface area contributed by atoms with Crippen molar-refractivity contribution in [3.8, 4) is 0 Å². The zero-order chi connectivity index (χ0) is 11.4. The number of rotatable bonds is 5. The highest BCUT2D eigenvalue weighted by molar-refractivity contribution is 5.69. The van der Waals surface area contributed by atoms with Crippen molar-refractivity contribution in [2.24, 2.45) is 0 Å². The summed E-state index contributed by atoms with van der Waals surface area (Å²) in [5.41, 5.74) is 1.19. The van der Waals surface area contributed by atoms with E-state index in [9.17, 15) is 4.79 Å². The van der Waals surface area contributed by atoms with Crippen LogP contribution in [0.3, 0.4) is 0 Å². The molecule has 1 aromatic rings. The van der Waals surface area contributed by atoms with Gasteiger partial charge in [-0.2, -0.15) is 0 Å². The minimum atomic E-state index is -0.733. The van der Waals surface area contributed by atoms with Crippen molar-refractivity contribution in [3.05, 3.63) is 35.9 Å². The Labute approximate surface area is 95.7 Å². The second kappa shape index (κ2) is 5.12. The Kier molecular flexibility index (Phi) is 3.57. The highest BCUT2D eigenvalue weighted by Crippen LogP contribution is 2.25. The molecule has 1 saturated carbocycles. The van der Waals surface area contributed by atoms with Crippen LogP contribution in [0.2, 0.25) is 0 Å². The quantitative estimate of drug-likeness (QED) is 0.824. The van der Waals surface area contributed by atoms with Crippen LogP contribution >= 0.6 is 0 Å². The zero-order valence-corrected chi connectivity index (χ0v) is 9.30. The Hall–Kier alpha value is -1.35. The maximum atomic E-state index is 10.8. The standard InChI is InChI=1S/C13H17NO2/c15-13(16)10-14(12-7-4-8-12)9-11-5-2-1-3-6-11/h1-3,5-6,12H,4,7-10H2,(H,15,16).